The molecule has 0 bridgehead atoms. The van der Waals surface area contributed by atoms with Gasteiger partial charge in [-0.05, 0) is 54.9 Å². The van der Waals surface area contributed by atoms with Crippen LogP contribution in [0.25, 0.3) is 0 Å². The van der Waals surface area contributed by atoms with Crippen LogP contribution in [0.2, 0.25) is 0 Å². The molecule has 3 N–H and O–H groups in total. The normalized spacial score (nSPS) is 10.1. The summed E-state index contributed by atoms with van der Waals surface area (Å²) in [6, 6.07) is 14.7. The predicted molar refractivity (Wildman–Crippen MR) is 80.1 cm³/mol. The highest BCUT2D eigenvalue weighted by Gasteiger charge is 2.06. The lowest BCUT2D eigenvalue weighted by atomic mass is 10.1. The second-order valence-electron chi connectivity index (χ2n) is 4.42. The molecule has 2 rings (SSSR count). The van der Waals surface area contributed by atoms with E-state index in [9.17, 15) is 4.79 Å². The molecule has 20 heavy (non-hydrogen) atoms. The summed E-state index contributed by atoms with van der Waals surface area (Å²) in [6.45, 7) is 0.609. The van der Waals surface area contributed by atoms with Gasteiger partial charge < -0.3 is 15.8 Å². The van der Waals surface area contributed by atoms with E-state index in [2.05, 4.69) is 5.32 Å². The minimum atomic E-state index is -0.130. The fourth-order valence-corrected chi connectivity index (χ4v) is 1.87. The molecule has 0 aliphatic heterocycles. The highest BCUT2D eigenvalue weighted by molar-refractivity contribution is 6.04. The van der Waals surface area contributed by atoms with Gasteiger partial charge in [0.25, 0.3) is 5.91 Å². The maximum Gasteiger partial charge on any atom is 0.255 e. The average molecular weight is 270 g/mol. The van der Waals surface area contributed by atoms with Crippen LogP contribution in [-0.2, 0) is 6.42 Å². The zero-order valence-electron chi connectivity index (χ0n) is 11.4. The summed E-state index contributed by atoms with van der Waals surface area (Å²) in [5, 5.41) is 2.84. The minimum Gasteiger partial charge on any atom is -0.497 e. The minimum absolute atomic E-state index is 0.130. The van der Waals surface area contributed by atoms with E-state index in [0.29, 0.717) is 12.1 Å². The van der Waals surface area contributed by atoms with Crippen LogP contribution < -0.4 is 15.8 Å². The molecule has 104 valence electrons. The Balaban J connectivity index is 2.03. The van der Waals surface area contributed by atoms with Gasteiger partial charge in [0, 0.05) is 11.3 Å². The number of hydrogen-bond acceptors (Lipinski definition) is 3. The molecule has 0 saturated carbocycles. The highest BCUT2D eigenvalue weighted by atomic mass is 16.5. The number of nitrogens with two attached hydrogens (primary N) is 1. The first-order valence-electron chi connectivity index (χ1n) is 6.47. The molecule has 0 radical (unpaired) electrons. The second kappa shape index (κ2) is 6.73. The maximum atomic E-state index is 12.1. The number of benzene rings is 2. The van der Waals surface area contributed by atoms with Crippen molar-refractivity contribution < 1.29 is 9.53 Å². The number of methoxy groups -OCH3 is 1. The summed E-state index contributed by atoms with van der Waals surface area (Å²) in [5.41, 5.74) is 7.99. The molecule has 0 saturated heterocycles. The van der Waals surface area contributed by atoms with E-state index < -0.39 is 0 Å². The van der Waals surface area contributed by atoms with Gasteiger partial charge >= 0.3 is 0 Å². The van der Waals surface area contributed by atoms with Crippen molar-refractivity contribution in [2.24, 2.45) is 5.73 Å². The van der Waals surface area contributed by atoms with E-state index in [4.69, 9.17) is 10.5 Å². The van der Waals surface area contributed by atoms with Crippen molar-refractivity contribution in [2.75, 3.05) is 19.0 Å². The highest BCUT2D eigenvalue weighted by Crippen LogP contribution is 2.16. The molecule has 0 heterocycles. The fraction of sp³-hybridized carbons (Fsp3) is 0.188. The number of anilines is 1. The number of nitrogens with one attached hydrogen (secondary N) is 1. The zero-order chi connectivity index (χ0) is 14.4. The molecule has 0 aromatic heterocycles. The first-order chi connectivity index (χ1) is 9.72. The van der Waals surface area contributed by atoms with E-state index in [-0.39, 0.29) is 5.91 Å². The van der Waals surface area contributed by atoms with Crippen LogP contribution in [0.4, 0.5) is 5.69 Å². The fourth-order valence-electron chi connectivity index (χ4n) is 1.87. The summed E-state index contributed by atoms with van der Waals surface area (Å²) >= 11 is 0. The predicted octanol–water partition coefficient (Wildman–Crippen LogP) is 2.45. The van der Waals surface area contributed by atoms with Crippen LogP contribution in [0.5, 0.6) is 5.75 Å². The Morgan fingerprint density at radius 3 is 2.30 bits per heavy atom. The SMILES string of the molecule is COc1ccc(NC(=O)c2ccc(CCN)cc2)cc1. The maximum absolute atomic E-state index is 12.1. The van der Waals surface area contributed by atoms with Crippen LogP contribution in [0.15, 0.2) is 48.5 Å². The van der Waals surface area contributed by atoms with Crippen LogP contribution in [0.1, 0.15) is 15.9 Å². The molecule has 2 aromatic carbocycles. The van der Waals surface area contributed by atoms with Gasteiger partial charge in [0.05, 0.1) is 7.11 Å². The summed E-state index contributed by atoms with van der Waals surface area (Å²) in [5.74, 6) is 0.628. The first-order valence-corrected chi connectivity index (χ1v) is 6.47. The van der Waals surface area contributed by atoms with Gasteiger partial charge in [-0.3, -0.25) is 4.79 Å². The van der Waals surface area contributed by atoms with E-state index in [1.807, 2.05) is 24.3 Å². The van der Waals surface area contributed by atoms with Crippen molar-refractivity contribution in [2.45, 2.75) is 6.42 Å². The molecule has 0 aliphatic rings. The Morgan fingerprint density at radius 2 is 1.75 bits per heavy atom. The van der Waals surface area contributed by atoms with Crippen molar-refractivity contribution in [3.63, 3.8) is 0 Å². The first kappa shape index (κ1) is 14.1. The molecule has 0 fully saturated rings. The molecule has 0 atom stereocenters. The lowest BCUT2D eigenvalue weighted by Gasteiger charge is -2.07. The number of ether oxygens (including phenoxy) is 1. The standard InChI is InChI=1S/C16H18N2O2/c1-20-15-8-6-14(7-9-15)18-16(19)13-4-2-12(3-5-13)10-11-17/h2-9H,10-11,17H2,1H3,(H,18,19). The molecule has 4 heteroatoms. The van der Waals surface area contributed by atoms with E-state index in [0.717, 1.165) is 23.4 Å². The van der Waals surface area contributed by atoms with Gasteiger partial charge in [-0.2, -0.15) is 0 Å². The largest absolute Gasteiger partial charge is 0.497 e. The van der Waals surface area contributed by atoms with Crippen molar-refractivity contribution in [1.82, 2.24) is 0 Å². The van der Waals surface area contributed by atoms with Gasteiger partial charge in [-0.15, -0.1) is 0 Å². The molecule has 0 aliphatic carbocycles. The van der Waals surface area contributed by atoms with Gasteiger partial charge in [-0.25, -0.2) is 0 Å². The quantitative estimate of drug-likeness (QED) is 0.877. The molecule has 1 amide bonds. The third-order valence-corrected chi connectivity index (χ3v) is 3.00. The smallest absolute Gasteiger partial charge is 0.255 e. The van der Waals surface area contributed by atoms with Crippen molar-refractivity contribution in [3.05, 3.63) is 59.7 Å². The number of carbonyl (C=O) groups is 1. The van der Waals surface area contributed by atoms with E-state index >= 15 is 0 Å². The molecule has 0 spiro atoms. The lowest BCUT2D eigenvalue weighted by Crippen LogP contribution is -2.12. The average Bonchev–Trinajstić information content (AvgIpc) is 2.49. The molecule has 4 nitrogen and oxygen atoms in total. The Bertz CT molecular complexity index is 562. The Morgan fingerprint density at radius 1 is 1.10 bits per heavy atom. The number of amides is 1. The van der Waals surface area contributed by atoms with Crippen LogP contribution in [0, 0.1) is 0 Å². The van der Waals surface area contributed by atoms with Crippen molar-refractivity contribution in [3.8, 4) is 5.75 Å². The summed E-state index contributed by atoms with van der Waals surface area (Å²) in [4.78, 5) is 12.1. The van der Waals surface area contributed by atoms with Gasteiger partial charge in [0.1, 0.15) is 5.75 Å². The monoisotopic (exact) mass is 270 g/mol. The van der Waals surface area contributed by atoms with Crippen LogP contribution >= 0.6 is 0 Å². The lowest BCUT2D eigenvalue weighted by molar-refractivity contribution is 0.102. The third-order valence-electron chi connectivity index (χ3n) is 3.00. The van der Waals surface area contributed by atoms with Crippen LogP contribution in [-0.4, -0.2) is 19.6 Å². The van der Waals surface area contributed by atoms with Gasteiger partial charge in [-0.1, -0.05) is 12.1 Å². The third kappa shape index (κ3) is 3.59. The van der Waals surface area contributed by atoms with E-state index in [1.54, 1.807) is 31.4 Å². The molecular formula is C16H18N2O2. The zero-order valence-corrected chi connectivity index (χ0v) is 11.4. The molecule has 0 unspecified atom stereocenters. The van der Waals surface area contributed by atoms with Gasteiger partial charge in [0.15, 0.2) is 0 Å². The summed E-state index contributed by atoms with van der Waals surface area (Å²) in [6.07, 6.45) is 0.820. The number of carbonyl (C=O) groups excluding carboxylic acids is 1. The number of hydrogen-bond donors (Lipinski definition) is 2. The van der Waals surface area contributed by atoms with Crippen molar-refractivity contribution in [1.29, 1.82) is 0 Å². The Hall–Kier alpha value is -2.33. The van der Waals surface area contributed by atoms with Gasteiger partial charge in [0.2, 0.25) is 0 Å². The van der Waals surface area contributed by atoms with Crippen LogP contribution in [0.3, 0.4) is 0 Å². The molecular weight excluding hydrogens is 252 g/mol. The van der Waals surface area contributed by atoms with E-state index in [1.165, 1.54) is 0 Å². The Labute approximate surface area is 118 Å². The topological polar surface area (TPSA) is 64.3 Å². The second-order valence-corrected chi connectivity index (χ2v) is 4.42. The molecule has 2 aromatic rings. The van der Waals surface area contributed by atoms with Crippen molar-refractivity contribution >= 4 is 11.6 Å². The summed E-state index contributed by atoms with van der Waals surface area (Å²) in [7, 11) is 1.61. The summed E-state index contributed by atoms with van der Waals surface area (Å²) < 4.78 is 5.07. The Kier molecular flexibility index (Phi) is 4.74. The number of rotatable bonds is 5.